The van der Waals surface area contributed by atoms with Crippen LogP contribution in [0, 0.1) is 5.92 Å². The lowest BCUT2D eigenvalue weighted by Crippen LogP contribution is -2.33. The third-order valence-electron chi connectivity index (χ3n) is 3.02. The van der Waals surface area contributed by atoms with Crippen molar-refractivity contribution in [2.45, 2.75) is 19.4 Å². The fourth-order valence-electron chi connectivity index (χ4n) is 2.08. The van der Waals surface area contributed by atoms with Crippen molar-refractivity contribution in [3.63, 3.8) is 0 Å². The zero-order valence-electron chi connectivity index (χ0n) is 10.9. The molecule has 0 saturated heterocycles. The standard InChI is InChI=1S/C14H18N2O3/c1-2-19-14-12(4-3-7-15-14)13(18)16-11-6-5-10(8-11)9-17/h3-7,10-11,17H,2,8-9H2,1H3,(H,16,18)/t10-,11+/m0/s1. The molecule has 5 heteroatoms. The number of carbonyl (C=O) groups is 1. The van der Waals surface area contributed by atoms with Crippen molar-refractivity contribution in [3.05, 3.63) is 36.0 Å². The molecule has 2 N–H and O–H groups in total. The number of carbonyl (C=O) groups excluding carboxylic acids is 1. The molecule has 5 nitrogen and oxygen atoms in total. The van der Waals surface area contributed by atoms with Gasteiger partial charge in [0.2, 0.25) is 5.88 Å². The lowest BCUT2D eigenvalue weighted by Gasteiger charge is -2.14. The molecule has 0 bridgehead atoms. The van der Waals surface area contributed by atoms with E-state index in [9.17, 15) is 4.79 Å². The molecular formula is C14H18N2O3. The summed E-state index contributed by atoms with van der Waals surface area (Å²) in [4.78, 5) is 16.2. The first-order valence-corrected chi connectivity index (χ1v) is 6.42. The van der Waals surface area contributed by atoms with Crippen LogP contribution in [-0.2, 0) is 0 Å². The van der Waals surface area contributed by atoms with E-state index in [0.29, 0.717) is 18.1 Å². The average molecular weight is 262 g/mol. The van der Waals surface area contributed by atoms with Crippen LogP contribution in [0.25, 0.3) is 0 Å². The summed E-state index contributed by atoms with van der Waals surface area (Å²) in [6.07, 6.45) is 6.17. The summed E-state index contributed by atoms with van der Waals surface area (Å²) in [6.45, 7) is 2.43. The molecule has 102 valence electrons. The van der Waals surface area contributed by atoms with Gasteiger partial charge in [0.15, 0.2) is 0 Å². The van der Waals surface area contributed by atoms with Crippen LogP contribution in [0.4, 0.5) is 0 Å². The molecule has 1 aromatic heterocycles. The quantitative estimate of drug-likeness (QED) is 0.781. The summed E-state index contributed by atoms with van der Waals surface area (Å²) in [7, 11) is 0. The zero-order valence-corrected chi connectivity index (χ0v) is 10.9. The van der Waals surface area contributed by atoms with Gasteiger partial charge in [0, 0.05) is 24.8 Å². The molecule has 0 aromatic carbocycles. The van der Waals surface area contributed by atoms with Gasteiger partial charge < -0.3 is 15.2 Å². The molecule has 0 radical (unpaired) electrons. The van der Waals surface area contributed by atoms with Gasteiger partial charge in [-0.25, -0.2) is 4.98 Å². The van der Waals surface area contributed by atoms with E-state index < -0.39 is 0 Å². The number of ether oxygens (including phenoxy) is 1. The topological polar surface area (TPSA) is 71.5 Å². The van der Waals surface area contributed by atoms with Crippen molar-refractivity contribution < 1.29 is 14.6 Å². The van der Waals surface area contributed by atoms with Crippen LogP contribution in [-0.4, -0.2) is 35.3 Å². The summed E-state index contributed by atoms with van der Waals surface area (Å²) >= 11 is 0. The predicted molar refractivity (Wildman–Crippen MR) is 71.0 cm³/mol. The van der Waals surface area contributed by atoms with Gasteiger partial charge in [0.1, 0.15) is 5.56 Å². The maximum Gasteiger partial charge on any atom is 0.257 e. The maximum atomic E-state index is 12.2. The van der Waals surface area contributed by atoms with Gasteiger partial charge in [0.25, 0.3) is 5.91 Å². The third-order valence-corrected chi connectivity index (χ3v) is 3.02. The Kier molecular flexibility index (Phi) is 4.52. The number of aromatic nitrogens is 1. The minimum atomic E-state index is -0.204. The number of nitrogens with one attached hydrogen (secondary N) is 1. The fraction of sp³-hybridized carbons (Fsp3) is 0.429. The molecule has 1 aliphatic rings. The molecule has 1 aromatic rings. The Morgan fingerprint density at radius 2 is 2.42 bits per heavy atom. The van der Waals surface area contributed by atoms with Gasteiger partial charge in [-0.15, -0.1) is 0 Å². The molecule has 0 saturated carbocycles. The van der Waals surface area contributed by atoms with Crippen LogP contribution in [0.1, 0.15) is 23.7 Å². The molecule has 2 rings (SSSR count). The van der Waals surface area contributed by atoms with Crippen LogP contribution in [0.5, 0.6) is 5.88 Å². The zero-order chi connectivity index (χ0) is 13.7. The number of hydrogen-bond acceptors (Lipinski definition) is 4. The molecule has 0 fully saturated rings. The van der Waals surface area contributed by atoms with Crippen molar-refractivity contribution in [1.82, 2.24) is 10.3 Å². The van der Waals surface area contributed by atoms with E-state index in [0.717, 1.165) is 6.42 Å². The average Bonchev–Trinajstić information content (AvgIpc) is 2.87. The number of pyridine rings is 1. The van der Waals surface area contributed by atoms with Gasteiger partial charge in [-0.05, 0) is 25.5 Å². The van der Waals surface area contributed by atoms with Crippen LogP contribution in [0.15, 0.2) is 30.5 Å². The molecule has 1 amide bonds. The minimum absolute atomic E-state index is 0.0423. The highest BCUT2D eigenvalue weighted by Crippen LogP contribution is 2.19. The minimum Gasteiger partial charge on any atom is -0.477 e. The summed E-state index contributed by atoms with van der Waals surface area (Å²) in [6, 6.07) is 3.35. The molecule has 0 aliphatic heterocycles. The number of aliphatic hydroxyl groups is 1. The first-order valence-electron chi connectivity index (χ1n) is 6.42. The highest BCUT2D eigenvalue weighted by atomic mass is 16.5. The van der Waals surface area contributed by atoms with E-state index >= 15 is 0 Å². The number of aliphatic hydroxyl groups excluding tert-OH is 1. The Hall–Kier alpha value is -1.88. The molecule has 1 heterocycles. The third kappa shape index (κ3) is 3.32. The summed E-state index contributed by atoms with van der Waals surface area (Å²) in [5.74, 6) is 0.276. The highest BCUT2D eigenvalue weighted by Gasteiger charge is 2.22. The molecule has 2 atom stereocenters. The second kappa shape index (κ2) is 6.33. The normalized spacial score (nSPS) is 21.4. The van der Waals surface area contributed by atoms with Crippen molar-refractivity contribution in [1.29, 1.82) is 0 Å². The smallest absolute Gasteiger partial charge is 0.257 e. The highest BCUT2D eigenvalue weighted by molar-refractivity contribution is 5.96. The number of rotatable bonds is 5. The van der Waals surface area contributed by atoms with E-state index in [1.165, 1.54) is 0 Å². The van der Waals surface area contributed by atoms with Gasteiger partial charge >= 0.3 is 0 Å². The van der Waals surface area contributed by atoms with E-state index in [4.69, 9.17) is 9.84 Å². The van der Waals surface area contributed by atoms with Crippen molar-refractivity contribution in [2.24, 2.45) is 5.92 Å². The van der Waals surface area contributed by atoms with Gasteiger partial charge in [0.05, 0.1) is 6.61 Å². The molecule has 19 heavy (non-hydrogen) atoms. The molecule has 1 aliphatic carbocycles. The van der Waals surface area contributed by atoms with Crippen molar-refractivity contribution in [3.8, 4) is 5.88 Å². The Bertz CT molecular complexity index is 474. The fourth-order valence-corrected chi connectivity index (χ4v) is 2.08. The largest absolute Gasteiger partial charge is 0.477 e. The molecule has 0 unspecified atom stereocenters. The van der Waals surface area contributed by atoms with Gasteiger partial charge in [-0.3, -0.25) is 4.79 Å². The van der Waals surface area contributed by atoms with Gasteiger partial charge in [-0.1, -0.05) is 12.2 Å². The van der Waals surface area contributed by atoms with Crippen LogP contribution in [0.3, 0.4) is 0 Å². The van der Waals surface area contributed by atoms with E-state index in [1.807, 2.05) is 19.1 Å². The van der Waals surface area contributed by atoms with E-state index in [1.54, 1.807) is 18.3 Å². The van der Waals surface area contributed by atoms with Gasteiger partial charge in [-0.2, -0.15) is 0 Å². The van der Waals surface area contributed by atoms with E-state index in [2.05, 4.69) is 10.3 Å². The summed E-state index contributed by atoms with van der Waals surface area (Å²) < 4.78 is 5.33. The summed E-state index contributed by atoms with van der Waals surface area (Å²) in [5, 5.41) is 12.0. The first kappa shape index (κ1) is 13.5. The van der Waals surface area contributed by atoms with Crippen molar-refractivity contribution in [2.75, 3.05) is 13.2 Å². The molecular weight excluding hydrogens is 244 g/mol. The Morgan fingerprint density at radius 3 is 3.11 bits per heavy atom. The van der Waals surface area contributed by atoms with Crippen molar-refractivity contribution >= 4 is 5.91 Å². The monoisotopic (exact) mass is 262 g/mol. The first-order chi connectivity index (χ1) is 9.24. The SMILES string of the molecule is CCOc1ncccc1C(=O)N[C@@H]1C=C[C@H](CO)C1. The Balaban J connectivity index is 2.02. The molecule has 0 spiro atoms. The van der Waals surface area contributed by atoms with Crippen LogP contribution < -0.4 is 10.1 Å². The predicted octanol–water partition coefficient (Wildman–Crippen LogP) is 1.15. The Labute approximate surface area is 112 Å². The second-order valence-corrected chi connectivity index (χ2v) is 4.43. The van der Waals surface area contributed by atoms with E-state index in [-0.39, 0.29) is 24.5 Å². The number of nitrogens with zero attached hydrogens (tertiary/aromatic N) is 1. The van der Waals surface area contributed by atoms with Crippen LogP contribution >= 0.6 is 0 Å². The number of amides is 1. The lowest BCUT2D eigenvalue weighted by atomic mass is 10.1. The Morgan fingerprint density at radius 1 is 1.58 bits per heavy atom. The summed E-state index contributed by atoms with van der Waals surface area (Å²) in [5.41, 5.74) is 0.435. The van der Waals surface area contributed by atoms with Crippen LogP contribution in [0.2, 0.25) is 0 Å². The number of hydrogen-bond donors (Lipinski definition) is 2. The second-order valence-electron chi connectivity index (χ2n) is 4.43. The lowest BCUT2D eigenvalue weighted by molar-refractivity contribution is 0.0936. The maximum absolute atomic E-state index is 12.2.